The molecule has 1 rings (SSSR count). The average Bonchev–Trinajstić information content (AvgIpc) is 2.26. The third-order valence-electron chi connectivity index (χ3n) is 3.01. The van der Waals surface area contributed by atoms with Gasteiger partial charge in [0.2, 0.25) is 5.91 Å². The molecule has 1 fully saturated rings. The van der Waals surface area contributed by atoms with E-state index in [4.69, 9.17) is 11.6 Å². The lowest BCUT2D eigenvalue weighted by atomic mass is 9.95. The second-order valence-corrected chi connectivity index (χ2v) is 4.78. The van der Waals surface area contributed by atoms with Gasteiger partial charge >= 0.3 is 0 Å². The number of carbonyl (C=O) groups excluding carboxylic acids is 1. The van der Waals surface area contributed by atoms with Crippen LogP contribution in [0.15, 0.2) is 0 Å². The Bertz CT molecular complexity index is 178. The Kier molecular flexibility index (Phi) is 6.82. The van der Waals surface area contributed by atoms with E-state index < -0.39 is 0 Å². The lowest BCUT2D eigenvalue weighted by Gasteiger charge is -2.22. The van der Waals surface area contributed by atoms with Gasteiger partial charge in [0, 0.05) is 18.3 Å². The van der Waals surface area contributed by atoms with Crippen LogP contribution in [0.1, 0.15) is 57.8 Å². The van der Waals surface area contributed by atoms with Crippen LogP contribution in [0, 0.1) is 0 Å². The highest BCUT2D eigenvalue weighted by atomic mass is 35.5. The smallest absolute Gasteiger partial charge is 0.220 e. The van der Waals surface area contributed by atoms with Crippen molar-refractivity contribution in [3.63, 3.8) is 0 Å². The zero-order valence-corrected chi connectivity index (χ0v) is 10.2. The number of rotatable bonds is 6. The van der Waals surface area contributed by atoms with Gasteiger partial charge in [-0.15, -0.1) is 11.6 Å². The third-order valence-corrected chi connectivity index (χ3v) is 3.28. The highest BCUT2D eigenvalue weighted by Gasteiger charge is 2.14. The summed E-state index contributed by atoms with van der Waals surface area (Å²) in [5.41, 5.74) is 0. The van der Waals surface area contributed by atoms with Gasteiger partial charge in [-0.05, 0) is 25.7 Å². The molecule has 0 atom stereocenters. The van der Waals surface area contributed by atoms with E-state index in [0.29, 0.717) is 18.3 Å². The lowest BCUT2D eigenvalue weighted by molar-refractivity contribution is -0.122. The minimum atomic E-state index is 0.233. The Labute approximate surface area is 97.8 Å². The summed E-state index contributed by atoms with van der Waals surface area (Å²) in [6, 6.07) is 0.458. The standard InChI is InChI=1S/C12H22ClNO/c13-10-6-2-5-9-12(15)14-11-7-3-1-4-8-11/h11H,1-10H2,(H,14,15). The number of hydrogen-bond acceptors (Lipinski definition) is 1. The number of amides is 1. The molecule has 0 aliphatic heterocycles. The summed E-state index contributed by atoms with van der Waals surface area (Å²) in [5, 5.41) is 3.12. The molecule has 0 unspecified atom stereocenters. The quantitative estimate of drug-likeness (QED) is 0.552. The number of unbranched alkanes of at least 4 members (excludes halogenated alkanes) is 2. The SMILES string of the molecule is O=C(CCCCCCl)NC1CCCCC1. The maximum absolute atomic E-state index is 11.5. The van der Waals surface area contributed by atoms with Crippen molar-refractivity contribution in [3.05, 3.63) is 0 Å². The Hall–Kier alpha value is -0.240. The lowest BCUT2D eigenvalue weighted by Crippen LogP contribution is -2.35. The van der Waals surface area contributed by atoms with Crippen LogP contribution in [-0.4, -0.2) is 17.8 Å². The Morgan fingerprint density at radius 3 is 2.53 bits per heavy atom. The van der Waals surface area contributed by atoms with E-state index in [-0.39, 0.29) is 5.91 Å². The molecule has 15 heavy (non-hydrogen) atoms. The van der Waals surface area contributed by atoms with Crippen LogP contribution >= 0.6 is 11.6 Å². The van der Waals surface area contributed by atoms with Crippen LogP contribution < -0.4 is 5.32 Å². The summed E-state index contributed by atoms with van der Waals surface area (Å²) < 4.78 is 0. The van der Waals surface area contributed by atoms with Crippen LogP contribution in [-0.2, 0) is 4.79 Å². The number of hydrogen-bond donors (Lipinski definition) is 1. The van der Waals surface area contributed by atoms with Crippen molar-refractivity contribution < 1.29 is 4.79 Å². The first-order chi connectivity index (χ1) is 7.33. The van der Waals surface area contributed by atoms with Gasteiger partial charge in [-0.25, -0.2) is 0 Å². The van der Waals surface area contributed by atoms with Gasteiger partial charge in [0.1, 0.15) is 0 Å². The van der Waals surface area contributed by atoms with Gasteiger partial charge in [0.15, 0.2) is 0 Å². The molecule has 0 bridgehead atoms. The zero-order valence-electron chi connectivity index (χ0n) is 9.43. The van der Waals surface area contributed by atoms with E-state index in [1.165, 1.54) is 32.1 Å². The second kappa shape index (κ2) is 7.98. The molecule has 0 saturated heterocycles. The summed E-state index contributed by atoms with van der Waals surface area (Å²) >= 11 is 5.57. The van der Waals surface area contributed by atoms with Gasteiger partial charge in [0.25, 0.3) is 0 Å². The molecule has 0 aromatic carbocycles. The van der Waals surface area contributed by atoms with Crippen LogP contribution in [0.5, 0.6) is 0 Å². The maximum atomic E-state index is 11.5. The molecule has 0 spiro atoms. The molecule has 0 aromatic rings. The first-order valence-electron chi connectivity index (χ1n) is 6.18. The van der Waals surface area contributed by atoms with Gasteiger partial charge in [-0.3, -0.25) is 4.79 Å². The monoisotopic (exact) mass is 231 g/mol. The highest BCUT2D eigenvalue weighted by Crippen LogP contribution is 2.17. The van der Waals surface area contributed by atoms with Crippen molar-refractivity contribution in [1.29, 1.82) is 0 Å². The molecule has 1 N–H and O–H groups in total. The molecule has 0 heterocycles. The van der Waals surface area contributed by atoms with E-state index in [9.17, 15) is 4.79 Å². The number of nitrogens with one attached hydrogen (secondary N) is 1. The number of carbonyl (C=O) groups is 1. The Morgan fingerprint density at radius 1 is 1.13 bits per heavy atom. The van der Waals surface area contributed by atoms with E-state index in [1.54, 1.807) is 0 Å². The first kappa shape index (κ1) is 12.8. The molecule has 1 aliphatic carbocycles. The van der Waals surface area contributed by atoms with E-state index in [1.807, 2.05) is 0 Å². The molecular formula is C12H22ClNO. The molecule has 1 aliphatic rings. The van der Waals surface area contributed by atoms with Gasteiger partial charge < -0.3 is 5.32 Å². The summed E-state index contributed by atoms with van der Waals surface area (Å²) in [6.45, 7) is 0. The molecule has 1 amide bonds. The summed E-state index contributed by atoms with van der Waals surface area (Å²) in [5.74, 6) is 0.945. The van der Waals surface area contributed by atoms with Crippen molar-refractivity contribution in [3.8, 4) is 0 Å². The fourth-order valence-corrected chi connectivity index (χ4v) is 2.29. The first-order valence-corrected chi connectivity index (χ1v) is 6.71. The molecule has 3 heteroatoms. The molecular weight excluding hydrogens is 210 g/mol. The van der Waals surface area contributed by atoms with Gasteiger partial charge in [0.05, 0.1) is 0 Å². The van der Waals surface area contributed by atoms with Gasteiger partial charge in [-0.1, -0.05) is 25.7 Å². The fourth-order valence-electron chi connectivity index (χ4n) is 2.10. The third kappa shape index (κ3) is 6.03. The second-order valence-electron chi connectivity index (χ2n) is 4.40. The summed E-state index contributed by atoms with van der Waals surface area (Å²) in [6.07, 6.45) is 9.98. The minimum absolute atomic E-state index is 0.233. The van der Waals surface area contributed by atoms with Crippen LogP contribution in [0.3, 0.4) is 0 Å². The largest absolute Gasteiger partial charge is 0.353 e. The van der Waals surface area contributed by atoms with Crippen molar-refractivity contribution in [1.82, 2.24) is 5.32 Å². The molecule has 1 saturated carbocycles. The van der Waals surface area contributed by atoms with Gasteiger partial charge in [-0.2, -0.15) is 0 Å². The van der Waals surface area contributed by atoms with E-state index in [0.717, 1.165) is 19.3 Å². The number of halogens is 1. The molecule has 2 nitrogen and oxygen atoms in total. The van der Waals surface area contributed by atoms with E-state index >= 15 is 0 Å². The zero-order chi connectivity index (χ0) is 10.9. The Morgan fingerprint density at radius 2 is 1.87 bits per heavy atom. The predicted molar refractivity (Wildman–Crippen MR) is 64.2 cm³/mol. The molecule has 0 radical (unpaired) electrons. The van der Waals surface area contributed by atoms with Crippen molar-refractivity contribution >= 4 is 17.5 Å². The van der Waals surface area contributed by atoms with Crippen LogP contribution in [0.2, 0.25) is 0 Å². The molecule has 88 valence electrons. The van der Waals surface area contributed by atoms with E-state index in [2.05, 4.69) is 5.32 Å². The van der Waals surface area contributed by atoms with Crippen LogP contribution in [0.25, 0.3) is 0 Å². The maximum Gasteiger partial charge on any atom is 0.220 e. The average molecular weight is 232 g/mol. The number of alkyl halides is 1. The topological polar surface area (TPSA) is 29.1 Å². The van der Waals surface area contributed by atoms with Crippen molar-refractivity contribution in [2.24, 2.45) is 0 Å². The minimum Gasteiger partial charge on any atom is -0.353 e. The normalized spacial score (nSPS) is 17.7. The fraction of sp³-hybridized carbons (Fsp3) is 0.917. The Balaban J connectivity index is 2.01. The van der Waals surface area contributed by atoms with Crippen molar-refractivity contribution in [2.45, 2.75) is 63.8 Å². The predicted octanol–water partition coefficient (Wildman–Crippen LogP) is 3.23. The van der Waals surface area contributed by atoms with Crippen molar-refractivity contribution in [2.75, 3.05) is 5.88 Å². The van der Waals surface area contributed by atoms with Crippen LogP contribution in [0.4, 0.5) is 0 Å². The summed E-state index contributed by atoms with van der Waals surface area (Å²) in [4.78, 5) is 11.5. The summed E-state index contributed by atoms with van der Waals surface area (Å²) in [7, 11) is 0. The molecule has 0 aromatic heterocycles. The highest BCUT2D eigenvalue weighted by molar-refractivity contribution is 6.17.